The fourth-order valence-electron chi connectivity index (χ4n) is 2.96. The zero-order valence-corrected chi connectivity index (χ0v) is 17.3. The molecule has 0 fully saturated rings. The summed E-state index contributed by atoms with van der Waals surface area (Å²) in [4.78, 5) is 0.955. The SMILES string of the molecule is C[C@@H](Sc1nnc([C@@H]2COc3ccccc3O2)n1C)c1nnc(-c2cccs2)o1. The van der Waals surface area contributed by atoms with Crippen molar-refractivity contribution >= 4 is 23.1 Å². The molecule has 148 valence electrons. The number of fused-ring (bicyclic) bond motifs is 1. The van der Waals surface area contributed by atoms with Gasteiger partial charge in [0.2, 0.25) is 5.89 Å². The molecule has 0 amide bonds. The highest BCUT2D eigenvalue weighted by atomic mass is 32.2. The molecule has 10 heteroatoms. The summed E-state index contributed by atoms with van der Waals surface area (Å²) in [5.41, 5.74) is 0. The monoisotopic (exact) mass is 427 g/mol. The minimum Gasteiger partial charge on any atom is -0.485 e. The number of thiophene rings is 1. The van der Waals surface area contributed by atoms with Gasteiger partial charge in [0.1, 0.15) is 6.61 Å². The van der Waals surface area contributed by atoms with E-state index in [1.54, 1.807) is 11.3 Å². The van der Waals surface area contributed by atoms with Crippen LogP contribution in [0.3, 0.4) is 0 Å². The molecule has 0 N–H and O–H groups in total. The first-order chi connectivity index (χ1) is 14.2. The summed E-state index contributed by atoms with van der Waals surface area (Å²) in [6.45, 7) is 2.39. The number of ether oxygens (including phenoxy) is 2. The number of nitrogens with zero attached hydrogens (tertiary/aromatic N) is 5. The maximum Gasteiger partial charge on any atom is 0.257 e. The Balaban J connectivity index is 1.31. The van der Waals surface area contributed by atoms with Gasteiger partial charge in [-0.05, 0) is 30.5 Å². The fourth-order valence-corrected chi connectivity index (χ4v) is 4.46. The third kappa shape index (κ3) is 3.49. The van der Waals surface area contributed by atoms with E-state index < -0.39 is 0 Å². The van der Waals surface area contributed by atoms with Gasteiger partial charge in [-0.15, -0.1) is 31.7 Å². The van der Waals surface area contributed by atoms with Crippen LogP contribution < -0.4 is 9.47 Å². The average molecular weight is 428 g/mol. The van der Waals surface area contributed by atoms with Crippen molar-refractivity contribution in [1.82, 2.24) is 25.0 Å². The number of hydrogen-bond acceptors (Lipinski definition) is 9. The molecule has 0 bridgehead atoms. The number of hydrogen-bond donors (Lipinski definition) is 0. The first-order valence-electron chi connectivity index (χ1n) is 9.01. The average Bonchev–Trinajstić information content (AvgIpc) is 3.49. The second kappa shape index (κ2) is 7.53. The molecule has 4 heterocycles. The van der Waals surface area contributed by atoms with E-state index >= 15 is 0 Å². The summed E-state index contributed by atoms with van der Waals surface area (Å²) in [6.07, 6.45) is -0.319. The standard InChI is InChI=1S/C19H17N5O3S2/c1-11(17-21-22-18(27-17)15-8-5-9-28-15)29-19-23-20-16(24(19)2)14-10-25-12-6-3-4-7-13(12)26-14/h3-9,11,14H,10H2,1-2H3/t11-,14+/m1/s1. The van der Waals surface area contributed by atoms with Crippen LogP contribution in [0.1, 0.15) is 30.0 Å². The molecule has 2 atom stereocenters. The summed E-state index contributed by atoms with van der Waals surface area (Å²) in [6, 6.07) is 11.5. The van der Waals surface area contributed by atoms with Crippen LogP contribution in [-0.4, -0.2) is 31.6 Å². The molecule has 29 heavy (non-hydrogen) atoms. The van der Waals surface area contributed by atoms with E-state index in [0.717, 1.165) is 15.8 Å². The Labute approximate surface area is 174 Å². The molecule has 8 nitrogen and oxygen atoms in total. The predicted octanol–water partition coefficient (Wildman–Crippen LogP) is 4.29. The molecular weight excluding hydrogens is 410 g/mol. The third-order valence-corrected chi connectivity index (χ3v) is 6.45. The molecule has 1 aliphatic rings. The molecule has 0 aliphatic carbocycles. The fraction of sp³-hybridized carbons (Fsp3) is 0.263. The van der Waals surface area contributed by atoms with Gasteiger partial charge in [-0.3, -0.25) is 0 Å². The lowest BCUT2D eigenvalue weighted by molar-refractivity contribution is 0.0825. The summed E-state index contributed by atoms with van der Waals surface area (Å²) < 4.78 is 19.6. The molecule has 3 aromatic heterocycles. The molecule has 5 rings (SSSR count). The first-order valence-corrected chi connectivity index (χ1v) is 10.8. The van der Waals surface area contributed by atoms with Crippen LogP contribution in [0.5, 0.6) is 11.5 Å². The summed E-state index contributed by atoms with van der Waals surface area (Å²) in [7, 11) is 1.92. The molecule has 0 saturated carbocycles. The quantitative estimate of drug-likeness (QED) is 0.436. The molecule has 0 radical (unpaired) electrons. The van der Waals surface area contributed by atoms with Crippen LogP contribution in [0.4, 0.5) is 0 Å². The molecule has 0 saturated heterocycles. The number of aromatic nitrogens is 5. The van der Waals surface area contributed by atoms with E-state index in [4.69, 9.17) is 13.9 Å². The smallest absolute Gasteiger partial charge is 0.257 e. The van der Waals surface area contributed by atoms with Crippen molar-refractivity contribution in [3.63, 3.8) is 0 Å². The Morgan fingerprint density at radius 2 is 1.97 bits per heavy atom. The van der Waals surface area contributed by atoms with E-state index in [-0.39, 0.29) is 11.4 Å². The Bertz CT molecular complexity index is 1120. The number of rotatable bonds is 5. The van der Waals surface area contributed by atoms with Gasteiger partial charge in [0.05, 0.1) is 10.1 Å². The van der Waals surface area contributed by atoms with Crippen LogP contribution in [0.25, 0.3) is 10.8 Å². The summed E-state index contributed by atoms with van der Waals surface area (Å²) in [5, 5.41) is 19.6. The van der Waals surface area contributed by atoms with Crippen LogP contribution in [0.2, 0.25) is 0 Å². The zero-order valence-electron chi connectivity index (χ0n) is 15.7. The van der Waals surface area contributed by atoms with Crippen molar-refractivity contribution in [3.8, 4) is 22.3 Å². The second-order valence-corrected chi connectivity index (χ2v) is 8.70. The molecule has 1 aliphatic heterocycles. The number of thioether (sulfide) groups is 1. The van der Waals surface area contributed by atoms with Crippen molar-refractivity contribution in [3.05, 3.63) is 53.5 Å². The Hall–Kier alpha value is -2.85. The highest BCUT2D eigenvalue weighted by Crippen LogP contribution is 2.38. The number of para-hydroxylation sites is 2. The Kier molecular flexibility index (Phi) is 4.72. The van der Waals surface area contributed by atoms with Crippen molar-refractivity contribution in [1.29, 1.82) is 0 Å². The third-order valence-electron chi connectivity index (χ3n) is 4.47. The maximum absolute atomic E-state index is 6.05. The minimum absolute atomic E-state index is 0.0730. The van der Waals surface area contributed by atoms with E-state index in [1.165, 1.54) is 11.8 Å². The molecule has 0 unspecified atom stereocenters. The van der Waals surface area contributed by atoms with E-state index in [2.05, 4.69) is 20.4 Å². The normalized spacial score (nSPS) is 16.7. The van der Waals surface area contributed by atoms with Crippen LogP contribution in [0.15, 0.2) is 51.4 Å². The molecule has 4 aromatic rings. The van der Waals surface area contributed by atoms with Crippen LogP contribution in [0, 0.1) is 0 Å². The largest absolute Gasteiger partial charge is 0.485 e. The van der Waals surface area contributed by atoms with E-state index in [9.17, 15) is 0 Å². The van der Waals surface area contributed by atoms with Gasteiger partial charge in [0, 0.05) is 7.05 Å². The molecule has 1 aromatic carbocycles. The topological polar surface area (TPSA) is 88.1 Å². The van der Waals surface area contributed by atoms with Crippen molar-refractivity contribution in [2.45, 2.75) is 23.4 Å². The van der Waals surface area contributed by atoms with Crippen LogP contribution in [-0.2, 0) is 7.05 Å². The van der Waals surface area contributed by atoms with Gasteiger partial charge in [-0.25, -0.2) is 0 Å². The highest BCUT2D eigenvalue weighted by molar-refractivity contribution is 7.99. The van der Waals surface area contributed by atoms with Gasteiger partial charge in [-0.1, -0.05) is 30.0 Å². The van der Waals surface area contributed by atoms with Gasteiger partial charge in [0.15, 0.2) is 28.6 Å². The number of benzene rings is 1. The van der Waals surface area contributed by atoms with Gasteiger partial charge >= 0.3 is 0 Å². The van der Waals surface area contributed by atoms with Crippen molar-refractivity contribution in [2.24, 2.45) is 7.05 Å². The van der Waals surface area contributed by atoms with Crippen LogP contribution >= 0.6 is 23.1 Å². The summed E-state index contributed by atoms with van der Waals surface area (Å²) >= 11 is 3.07. The first kappa shape index (κ1) is 18.2. The molecule has 0 spiro atoms. The second-order valence-electron chi connectivity index (χ2n) is 6.45. The van der Waals surface area contributed by atoms with Gasteiger partial charge in [0.25, 0.3) is 5.89 Å². The minimum atomic E-state index is -0.319. The maximum atomic E-state index is 6.05. The van der Waals surface area contributed by atoms with E-state index in [0.29, 0.717) is 30.0 Å². The van der Waals surface area contributed by atoms with E-state index in [1.807, 2.05) is 60.3 Å². The lowest BCUT2D eigenvalue weighted by Crippen LogP contribution is -2.24. The van der Waals surface area contributed by atoms with Gasteiger partial charge in [-0.2, -0.15) is 0 Å². The Morgan fingerprint density at radius 3 is 2.79 bits per heavy atom. The summed E-state index contributed by atoms with van der Waals surface area (Å²) in [5.74, 6) is 3.24. The van der Waals surface area contributed by atoms with Crippen molar-refractivity contribution < 1.29 is 13.9 Å². The lowest BCUT2D eigenvalue weighted by Gasteiger charge is -2.25. The molecular formula is C19H17N5O3S2. The Morgan fingerprint density at radius 1 is 1.10 bits per heavy atom. The predicted molar refractivity (Wildman–Crippen MR) is 108 cm³/mol. The zero-order chi connectivity index (χ0) is 19.8. The highest BCUT2D eigenvalue weighted by Gasteiger charge is 2.28. The van der Waals surface area contributed by atoms with Crippen molar-refractivity contribution in [2.75, 3.05) is 6.61 Å². The lowest BCUT2D eigenvalue weighted by atomic mass is 10.2. The van der Waals surface area contributed by atoms with Gasteiger partial charge < -0.3 is 18.5 Å².